The Bertz CT molecular complexity index is 1250. The quantitative estimate of drug-likeness (QED) is 0.281. The molecule has 3 aromatic rings. The molecular formula is C20H15F2N3O5S2. The minimum absolute atomic E-state index is 0.0425. The van der Waals surface area contributed by atoms with E-state index in [0.29, 0.717) is 16.6 Å². The molecule has 2 N–H and O–H groups in total. The molecule has 0 aliphatic carbocycles. The molecule has 166 valence electrons. The molecule has 0 atom stereocenters. The summed E-state index contributed by atoms with van der Waals surface area (Å²) in [7, 11) is -4.13. The van der Waals surface area contributed by atoms with Gasteiger partial charge in [-0.05, 0) is 54.6 Å². The largest absolute Gasteiger partial charge is 0.325 e. The molecule has 3 aromatic carbocycles. The summed E-state index contributed by atoms with van der Waals surface area (Å²) in [6.45, 7) is 0. The monoisotopic (exact) mass is 479 g/mol. The van der Waals surface area contributed by atoms with E-state index >= 15 is 0 Å². The van der Waals surface area contributed by atoms with Crippen molar-refractivity contribution in [2.45, 2.75) is 9.79 Å². The molecule has 0 aliphatic heterocycles. The lowest BCUT2D eigenvalue weighted by Gasteiger charge is -2.10. The van der Waals surface area contributed by atoms with Crippen LogP contribution in [0.3, 0.4) is 0 Å². The van der Waals surface area contributed by atoms with Gasteiger partial charge in [0.2, 0.25) is 5.91 Å². The number of rotatable bonds is 8. The van der Waals surface area contributed by atoms with Crippen molar-refractivity contribution in [1.29, 1.82) is 0 Å². The van der Waals surface area contributed by atoms with Crippen molar-refractivity contribution in [2.24, 2.45) is 0 Å². The highest BCUT2D eigenvalue weighted by molar-refractivity contribution is 8.00. The maximum atomic E-state index is 13.3. The van der Waals surface area contributed by atoms with Crippen LogP contribution in [0.2, 0.25) is 0 Å². The van der Waals surface area contributed by atoms with Crippen molar-refractivity contribution >= 4 is 44.8 Å². The van der Waals surface area contributed by atoms with Gasteiger partial charge in [-0.25, -0.2) is 17.2 Å². The summed E-state index contributed by atoms with van der Waals surface area (Å²) in [4.78, 5) is 22.5. The van der Waals surface area contributed by atoms with Crippen molar-refractivity contribution in [2.75, 3.05) is 15.8 Å². The van der Waals surface area contributed by atoms with Gasteiger partial charge in [0.05, 0.1) is 15.6 Å². The van der Waals surface area contributed by atoms with Gasteiger partial charge in [0.15, 0.2) is 11.6 Å². The predicted octanol–water partition coefficient (Wildman–Crippen LogP) is 4.40. The number of sulfonamides is 1. The number of nitrogens with one attached hydrogen (secondary N) is 2. The summed E-state index contributed by atoms with van der Waals surface area (Å²) in [6, 6.07) is 13.8. The Balaban J connectivity index is 1.56. The number of non-ortho nitro benzene ring substituents is 1. The summed E-state index contributed by atoms with van der Waals surface area (Å²) in [5.74, 6) is -2.71. The van der Waals surface area contributed by atoms with Crippen molar-refractivity contribution < 1.29 is 26.9 Å². The van der Waals surface area contributed by atoms with Crippen LogP contribution in [-0.2, 0) is 14.8 Å². The van der Waals surface area contributed by atoms with E-state index in [-0.39, 0.29) is 23.0 Å². The Morgan fingerprint density at radius 1 is 0.938 bits per heavy atom. The molecule has 0 radical (unpaired) electrons. The highest BCUT2D eigenvalue weighted by atomic mass is 32.2. The number of amides is 1. The molecule has 0 aromatic heterocycles. The first-order valence-electron chi connectivity index (χ1n) is 8.89. The summed E-state index contributed by atoms with van der Waals surface area (Å²) >= 11 is 1.20. The van der Waals surface area contributed by atoms with Crippen molar-refractivity contribution in [1.82, 2.24) is 0 Å². The molecule has 0 fully saturated rings. The standard InChI is InChI=1S/C20H15F2N3O5S2/c21-18-10-9-17(11-19(18)22)32(29,30)24-14-3-1-13(2-4-14)23-20(26)12-31-16-7-5-15(6-8-16)25(27)28/h1-11,24H,12H2,(H,23,26). The number of halogens is 2. The molecule has 0 saturated heterocycles. The van der Waals surface area contributed by atoms with Crippen LogP contribution in [0.15, 0.2) is 76.5 Å². The first-order valence-corrected chi connectivity index (χ1v) is 11.4. The summed E-state index contributed by atoms with van der Waals surface area (Å²) in [5, 5.41) is 13.3. The lowest BCUT2D eigenvalue weighted by molar-refractivity contribution is -0.384. The van der Waals surface area contributed by atoms with E-state index in [1.54, 1.807) is 12.1 Å². The highest BCUT2D eigenvalue weighted by Crippen LogP contribution is 2.23. The number of nitrogens with zero attached hydrogens (tertiary/aromatic N) is 1. The van der Waals surface area contributed by atoms with Crippen molar-refractivity contribution in [3.05, 3.63) is 88.5 Å². The zero-order chi connectivity index (χ0) is 23.3. The fourth-order valence-corrected chi connectivity index (χ4v) is 4.26. The van der Waals surface area contributed by atoms with Gasteiger partial charge in [0.25, 0.3) is 15.7 Å². The number of benzene rings is 3. The summed E-state index contributed by atoms with van der Waals surface area (Å²) in [6.07, 6.45) is 0. The third-order valence-electron chi connectivity index (χ3n) is 4.04. The van der Waals surface area contributed by atoms with Gasteiger partial charge >= 0.3 is 0 Å². The third kappa shape index (κ3) is 6.02. The van der Waals surface area contributed by atoms with Gasteiger partial charge in [0, 0.05) is 28.4 Å². The number of anilines is 2. The number of thioether (sulfide) groups is 1. The van der Waals surface area contributed by atoms with Gasteiger partial charge < -0.3 is 5.32 Å². The van der Waals surface area contributed by atoms with Crippen molar-refractivity contribution in [3.8, 4) is 0 Å². The van der Waals surface area contributed by atoms with Crippen molar-refractivity contribution in [3.63, 3.8) is 0 Å². The lowest BCUT2D eigenvalue weighted by Crippen LogP contribution is -2.15. The van der Waals surface area contributed by atoms with Gasteiger partial charge in [-0.15, -0.1) is 11.8 Å². The lowest BCUT2D eigenvalue weighted by atomic mass is 10.3. The topological polar surface area (TPSA) is 118 Å². The van der Waals surface area contributed by atoms with E-state index in [1.165, 1.54) is 48.2 Å². The number of nitro groups is 1. The second-order valence-corrected chi connectivity index (χ2v) is 9.08. The van der Waals surface area contributed by atoms with E-state index in [9.17, 15) is 32.1 Å². The van der Waals surface area contributed by atoms with Gasteiger partial charge in [-0.1, -0.05) is 0 Å². The molecule has 3 rings (SSSR count). The zero-order valence-corrected chi connectivity index (χ0v) is 17.8. The van der Waals surface area contributed by atoms with Gasteiger partial charge in [0.1, 0.15) is 0 Å². The molecule has 0 aliphatic rings. The van der Waals surface area contributed by atoms with E-state index in [4.69, 9.17) is 0 Å². The Morgan fingerprint density at radius 2 is 1.56 bits per heavy atom. The fourth-order valence-electron chi connectivity index (χ4n) is 2.49. The number of hydrogen-bond donors (Lipinski definition) is 2. The van der Waals surface area contributed by atoms with Crippen LogP contribution < -0.4 is 10.0 Å². The maximum absolute atomic E-state index is 13.3. The first-order chi connectivity index (χ1) is 15.1. The van der Waals surface area contributed by atoms with Crippen LogP contribution in [-0.4, -0.2) is 25.0 Å². The highest BCUT2D eigenvalue weighted by Gasteiger charge is 2.17. The predicted molar refractivity (Wildman–Crippen MR) is 116 cm³/mol. The Labute approximate surface area is 185 Å². The first kappa shape index (κ1) is 23.2. The Kier molecular flexibility index (Phi) is 7.05. The molecule has 0 bridgehead atoms. The SMILES string of the molecule is O=C(CSc1ccc([N+](=O)[O-])cc1)Nc1ccc(NS(=O)(=O)c2ccc(F)c(F)c2)cc1. The minimum atomic E-state index is -4.13. The molecule has 12 heteroatoms. The van der Waals surface area contributed by atoms with E-state index in [2.05, 4.69) is 10.0 Å². The minimum Gasteiger partial charge on any atom is -0.325 e. The van der Waals surface area contributed by atoms with Crippen LogP contribution in [0.25, 0.3) is 0 Å². The molecule has 0 unspecified atom stereocenters. The molecular weight excluding hydrogens is 464 g/mol. The van der Waals surface area contributed by atoms with E-state index in [0.717, 1.165) is 12.1 Å². The fraction of sp³-hybridized carbons (Fsp3) is 0.0500. The number of hydrogen-bond acceptors (Lipinski definition) is 6. The van der Waals surface area contributed by atoms with E-state index < -0.39 is 31.5 Å². The van der Waals surface area contributed by atoms with E-state index in [1.807, 2.05) is 0 Å². The second kappa shape index (κ2) is 9.75. The molecule has 0 saturated carbocycles. The summed E-state index contributed by atoms with van der Waals surface area (Å²) < 4.78 is 53.1. The Morgan fingerprint density at radius 3 is 2.16 bits per heavy atom. The summed E-state index contributed by atoms with van der Waals surface area (Å²) in [5.41, 5.74) is 0.530. The van der Waals surface area contributed by atoms with Crippen LogP contribution in [0, 0.1) is 21.7 Å². The van der Waals surface area contributed by atoms with Gasteiger partial charge in [-0.3, -0.25) is 19.6 Å². The van der Waals surface area contributed by atoms with Crippen LogP contribution in [0.5, 0.6) is 0 Å². The average Bonchev–Trinajstić information content (AvgIpc) is 2.75. The molecule has 8 nitrogen and oxygen atoms in total. The zero-order valence-electron chi connectivity index (χ0n) is 16.1. The average molecular weight is 479 g/mol. The third-order valence-corrected chi connectivity index (χ3v) is 6.43. The molecule has 32 heavy (non-hydrogen) atoms. The molecule has 0 heterocycles. The van der Waals surface area contributed by atoms with Crippen LogP contribution >= 0.6 is 11.8 Å². The number of nitro benzene ring substituents is 1. The second-order valence-electron chi connectivity index (χ2n) is 6.35. The normalized spacial score (nSPS) is 11.1. The molecule has 0 spiro atoms. The van der Waals surface area contributed by atoms with Crippen LogP contribution in [0.1, 0.15) is 0 Å². The smallest absolute Gasteiger partial charge is 0.269 e. The maximum Gasteiger partial charge on any atom is 0.269 e. The Hall–Kier alpha value is -3.51. The molecule has 1 amide bonds. The van der Waals surface area contributed by atoms with Crippen LogP contribution in [0.4, 0.5) is 25.8 Å². The van der Waals surface area contributed by atoms with Gasteiger partial charge in [-0.2, -0.15) is 0 Å². The number of carbonyl (C=O) groups excluding carboxylic acids is 1. The number of carbonyl (C=O) groups is 1.